The van der Waals surface area contributed by atoms with Gasteiger partial charge in [0.15, 0.2) is 5.65 Å². The average Bonchev–Trinajstić information content (AvgIpc) is 2.60. The minimum Gasteiger partial charge on any atom is -0.369 e. The summed E-state index contributed by atoms with van der Waals surface area (Å²) in [4.78, 5) is 8.55. The first-order chi connectivity index (χ1) is 8.22. The molecule has 2 N–H and O–H groups in total. The van der Waals surface area contributed by atoms with E-state index in [1.807, 2.05) is 16.3 Å². The number of nitrogens with zero attached hydrogens (tertiary/aromatic N) is 3. The molecule has 0 radical (unpaired) electrons. The molecule has 6 heteroatoms. The lowest BCUT2D eigenvalue weighted by Gasteiger charge is -2.04. The van der Waals surface area contributed by atoms with E-state index < -0.39 is 0 Å². The van der Waals surface area contributed by atoms with Crippen LogP contribution >= 0.6 is 23.4 Å². The van der Waals surface area contributed by atoms with Crippen molar-refractivity contribution in [1.29, 1.82) is 0 Å². The first-order valence-electron chi connectivity index (χ1n) is 5.48. The maximum atomic E-state index is 5.88. The number of unbranched alkanes of at least 4 members (excludes halogenated alkanes) is 1. The Morgan fingerprint density at radius 1 is 1.47 bits per heavy atom. The van der Waals surface area contributed by atoms with Crippen molar-refractivity contribution in [1.82, 2.24) is 14.5 Å². The summed E-state index contributed by atoms with van der Waals surface area (Å²) < 4.78 is 1.95. The van der Waals surface area contributed by atoms with E-state index in [4.69, 9.17) is 17.3 Å². The quantitative estimate of drug-likeness (QED) is 0.849. The van der Waals surface area contributed by atoms with E-state index in [0.29, 0.717) is 11.0 Å². The predicted molar refractivity (Wildman–Crippen MR) is 74.6 cm³/mol. The van der Waals surface area contributed by atoms with Crippen molar-refractivity contribution in [2.75, 3.05) is 17.7 Å². The van der Waals surface area contributed by atoms with E-state index in [1.165, 1.54) is 12.2 Å². The van der Waals surface area contributed by atoms with E-state index in [-0.39, 0.29) is 0 Å². The molecular formula is C11H15ClN4S. The van der Waals surface area contributed by atoms with E-state index in [1.54, 1.807) is 12.3 Å². The number of hydrogen-bond donors (Lipinski definition) is 1. The molecule has 2 aromatic rings. The molecule has 0 fully saturated rings. The number of rotatable bonds is 5. The number of aryl methyl sites for hydroxylation is 1. The van der Waals surface area contributed by atoms with Gasteiger partial charge in [-0.2, -0.15) is 11.8 Å². The van der Waals surface area contributed by atoms with Crippen LogP contribution in [0.3, 0.4) is 0 Å². The first kappa shape index (κ1) is 12.5. The molecule has 0 aromatic carbocycles. The van der Waals surface area contributed by atoms with Crippen LogP contribution in [0.25, 0.3) is 11.2 Å². The number of halogens is 1. The Balaban J connectivity index is 2.18. The SMILES string of the molecule is CSCCCCn1c(N)nc2cc(Cl)cnc21. The van der Waals surface area contributed by atoms with Crippen molar-refractivity contribution in [3.63, 3.8) is 0 Å². The van der Waals surface area contributed by atoms with Crippen LogP contribution in [0.15, 0.2) is 12.3 Å². The highest BCUT2D eigenvalue weighted by atomic mass is 35.5. The Bertz CT molecular complexity index is 511. The fourth-order valence-corrected chi connectivity index (χ4v) is 2.39. The van der Waals surface area contributed by atoms with Gasteiger partial charge in [0.25, 0.3) is 0 Å². The minimum atomic E-state index is 0.513. The molecule has 0 saturated carbocycles. The fraction of sp³-hybridized carbons (Fsp3) is 0.455. The highest BCUT2D eigenvalue weighted by Crippen LogP contribution is 2.19. The third-order valence-electron chi connectivity index (χ3n) is 2.56. The number of aromatic nitrogens is 3. The summed E-state index contributed by atoms with van der Waals surface area (Å²) in [5, 5.41) is 0.588. The van der Waals surface area contributed by atoms with Gasteiger partial charge in [0.05, 0.1) is 5.02 Å². The number of fused-ring (bicyclic) bond motifs is 1. The second-order valence-corrected chi connectivity index (χ2v) is 5.24. The van der Waals surface area contributed by atoms with Crippen molar-refractivity contribution in [3.05, 3.63) is 17.3 Å². The molecule has 0 atom stereocenters. The van der Waals surface area contributed by atoms with Crippen LogP contribution < -0.4 is 5.73 Å². The van der Waals surface area contributed by atoms with Crippen molar-refractivity contribution in [2.24, 2.45) is 0 Å². The summed E-state index contributed by atoms with van der Waals surface area (Å²) in [5.41, 5.74) is 7.46. The molecule has 0 aliphatic heterocycles. The van der Waals surface area contributed by atoms with E-state index in [0.717, 1.165) is 24.1 Å². The fourth-order valence-electron chi connectivity index (χ4n) is 1.74. The molecular weight excluding hydrogens is 256 g/mol. The van der Waals surface area contributed by atoms with E-state index >= 15 is 0 Å². The van der Waals surface area contributed by atoms with Gasteiger partial charge in [-0.15, -0.1) is 0 Å². The number of nitrogens with two attached hydrogens (primary N) is 1. The van der Waals surface area contributed by atoms with Gasteiger partial charge in [0.2, 0.25) is 5.95 Å². The molecule has 0 bridgehead atoms. The van der Waals surface area contributed by atoms with Gasteiger partial charge in [-0.05, 0) is 30.9 Å². The van der Waals surface area contributed by atoms with Crippen LogP contribution in [0, 0.1) is 0 Å². The number of imidazole rings is 1. The van der Waals surface area contributed by atoms with Gasteiger partial charge in [0.1, 0.15) is 5.52 Å². The molecule has 0 aliphatic rings. The summed E-state index contributed by atoms with van der Waals surface area (Å²) >= 11 is 7.73. The zero-order chi connectivity index (χ0) is 12.3. The van der Waals surface area contributed by atoms with Gasteiger partial charge in [-0.1, -0.05) is 11.6 Å². The number of hydrogen-bond acceptors (Lipinski definition) is 4. The summed E-state index contributed by atoms with van der Waals surface area (Å²) in [7, 11) is 0. The van der Waals surface area contributed by atoms with Crippen LogP contribution in [-0.4, -0.2) is 26.5 Å². The van der Waals surface area contributed by atoms with E-state index in [2.05, 4.69) is 16.2 Å². The molecule has 0 saturated heterocycles. The van der Waals surface area contributed by atoms with Gasteiger partial charge >= 0.3 is 0 Å². The monoisotopic (exact) mass is 270 g/mol. The number of anilines is 1. The third kappa shape index (κ3) is 2.84. The standard InChI is InChI=1S/C11H15ClN4S/c1-17-5-3-2-4-16-10-9(15-11(16)13)6-8(12)7-14-10/h6-7H,2-5H2,1H3,(H2,13,15). The number of pyridine rings is 1. The highest BCUT2D eigenvalue weighted by Gasteiger charge is 2.09. The highest BCUT2D eigenvalue weighted by molar-refractivity contribution is 7.98. The smallest absolute Gasteiger partial charge is 0.202 e. The zero-order valence-electron chi connectivity index (χ0n) is 9.69. The van der Waals surface area contributed by atoms with Crippen molar-refractivity contribution in [3.8, 4) is 0 Å². The van der Waals surface area contributed by atoms with Crippen molar-refractivity contribution in [2.45, 2.75) is 19.4 Å². The van der Waals surface area contributed by atoms with E-state index in [9.17, 15) is 0 Å². The molecule has 4 nitrogen and oxygen atoms in total. The number of thioether (sulfide) groups is 1. The minimum absolute atomic E-state index is 0.513. The molecule has 92 valence electrons. The molecule has 2 rings (SSSR count). The number of nitrogen functional groups attached to an aromatic ring is 1. The molecule has 0 spiro atoms. The third-order valence-corrected chi connectivity index (χ3v) is 3.46. The molecule has 0 unspecified atom stereocenters. The van der Waals surface area contributed by atoms with Crippen LogP contribution in [0.1, 0.15) is 12.8 Å². The largest absolute Gasteiger partial charge is 0.369 e. The van der Waals surface area contributed by atoms with Crippen LogP contribution in [0.2, 0.25) is 5.02 Å². The second kappa shape index (κ2) is 5.60. The van der Waals surface area contributed by atoms with Crippen LogP contribution in [-0.2, 0) is 6.54 Å². The lowest BCUT2D eigenvalue weighted by atomic mass is 10.3. The van der Waals surface area contributed by atoms with Crippen LogP contribution in [0.4, 0.5) is 5.95 Å². The topological polar surface area (TPSA) is 56.7 Å². The lowest BCUT2D eigenvalue weighted by molar-refractivity contribution is 0.652. The second-order valence-electron chi connectivity index (χ2n) is 3.82. The Kier molecular flexibility index (Phi) is 4.12. The molecule has 2 aromatic heterocycles. The maximum absolute atomic E-state index is 5.88. The molecule has 2 heterocycles. The average molecular weight is 271 g/mol. The van der Waals surface area contributed by atoms with Crippen molar-refractivity contribution >= 4 is 40.5 Å². The summed E-state index contributed by atoms with van der Waals surface area (Å²) in [5.74, 6) is 1.69. The summed E-state index contributed by atoms with van der Waals surface area (Å²) in [6, 6.07) is 1.79. The molecule has 17 heavy (non-hydrogen) atoms. The van der Waals surface area contributed by atoms with Crippen LogP contribution in [0.5, 0.6) is 0 Å². The van der Waals surface area contributed by atoms with Gasteiger partial charge in [-0.25, -0.2) is 9.97 Å². The maximum Gasteiger partial charge on any atom is 0.202 e. The van der Waals surface area contributed by atoms with Crippen molar-refractivity contribution < 1.29 is 0 Å². The predicted octanol–water partition coefficient (Wildman–Crippen LogP) is 2.81. The summed E-state index contributed by atoms with van der Waals surface area (Å²) in [6.45, 7) is 0.859. The normalized spacial score (nSPS) is 11.2. The zero-order valence-corrected chi connectivity index (χ0v) is 11.3. The first-order valence-corrected chi connectivity index (χ1v) is 7.25. The van der Waals surface area contributed by atoms with Gasteiger partial charge < -0.3 is 5.73 Å². The Morgan fingerprint density at radius 2 is 2.29 bits per heavy atom. The molecule has 0 aliphatic carbocycles. The van der Waals surface area contributed by atoms with Gasteiger partial charge in [0, 0.05) is 12.7 Å². The Labute approximate surface area is 110 Å². The Morgan fingerprint density at radius 3 is 3.06 bits per heavy atom. The Hall–Kier alpha value is -0.940. The lowest BCUT2D eigenvalue weighted by Crippen LogP contribution is -2.04. The molecule has 0 amide bonds. The summed E-state index contributed by atoms with van der Waals surface area (Å²) in [6.07, 6.45) is 6.00. The van der Waals surface area contributed by atoms with Gasteiger partial charge in [-0.3, -0.25) is 4.57 Å².